The Balaban J connectivity index is 1.84. The Morgan fingerprint density at radius 2 is 2.00 bits per heavy atom. The third kappa shape index (κ3) is 4.66. The van der Waals surface area contributed by atoms with Crippen molar-refractivity contribution in [3.05, 3.63) is 57.1 Å². The Hall–Kier alpha value is -1.88. The molecule has 0 spiro atoms. The maximum absolute atomic E-state index is 12.6. The number of hydroxylamine groups is 1. The summed E-state index contributed by atoms with van der Waals surface area (Å²) >= 11 is 12.2. The fraction of sp³-hybridized carbons (Fsp3) is 0.278. The number of rotatable bonds is 6. The highest BCUT2D eigenvalue weighted by molar-refractivity contribution is 7.89. The zero-order valence-corrected chi connectivity index (χ0v) is 17.8. The molecule has 1 aliphatic rings. The van der Waals surface area contributed by atoms with Gasteiger partial charge in [0.25, 0.3) is 10.0 Å². The van der Waals surface area contributed by atoms with Crippen LogP contribution in [-0.2, 0) is 37.5 Å². The fourth-order valence-corrected chi connectivity index (χ4v) is 4.11. The maximum atomic E-state index is 12.6. The van der Waals surface area contributed by atoms with E-state index in [9.17, 15) is 13.2 Å². The van der Waals surface area contributed by atoms with Crippen LogP contribution in [0.15, 0.2) is 35.2 Å². The van der Waals surface area contributed by atoms with Crippen molar-refractivity contribution in [1.29, 1.82) is 0 Å². The maximum Gasteiger partial charge on any atom is 0.340 e. The van der Waals surface area contributed by atoms with Crippen LogP contribution in [0.1, 0.15) is 21.5 Å². The minimum atomic E-state index is -3.95. The van der Waals surface area contributed by atoms with Crippen molar-refractivity contribution < 1.29 is 32.3 Å². The van der Waals surface area contributed by atoms with Crippen LogP contribution in [0.25, 0.3) is 0 Å². The number of hydrogen-bond donors (Lipinski definition) is 0. The summed E-state index contributed by atoms with van der Waals surface area (Å²) < 4.78 is 41.5. The lowest BCUT2D eigenvalue weighted by molar-refractivity contribution is -0.0258. The van der Waals surface area contributed by atoms with Gasteiger partial charge in [-0.1, -0.05) is 27.7 Å². The molecule has 0 atom stereocenters. The number of carbonyl (C=O) groups excluding carboxylic acids is 1. The van der Waals surface area contributed by atoms with Gasteiger partial charge in [-0.25, -0.2) is 13.2 Å². The first kappa shape index (κ1) is 21.8. The molecule has 0 radical (unpaired) electrons. The second-order valence-corrected chi connectivity index (χ2v) is 8.76. The molecule has 0 saturated heterocycles. The largest absolute Gasteiger partial charge is 0.467 e. The van der Waals surface area contributed by atoms with Crippen molar-refractivity contribution in [2.45, 2.75) is 18.1 Å². The highest BCUT2D eigenvalue weighted by Gasteiger charge is 2.24. The van der Waals surface area contributed by atoms with Crippen LogP contribution in [0.4, 0.5) is 0 Å². The van der Waals surface area contributed by atoms with Crippen molar-refractivity contribution in [2.75, 3.05) is 21.0 Å². The number of halogens is 2. The summed E-state index contributed by atoms with van der Waals surface area (Å²) in [7, 11) is -1.51. The van der Waals surface area contributed by atoms with E-state index in [-0.39, 0.29) is 28.9 Å². The fourth-order valence-electron chi connectivity index (χ4n) is 2.65. The monoisotopic (exact) mass is 461 g/mol. The summed E-state index contributed by atoms with van der Waals surface area (Å²) in [6.45, 7) is 0.261. The first-order valence-corrected chi connectivity index (χ1v) is 10.4. The molecule has 0 unspecified atom stereocenters. The van der Waals surface area contributed by atoms with E-state index in [0.717, 1.165) is 11.6 Å². The molecule has 1 aliphatic heterocycles. The normalized spacial score (nSPS) is 13.7. The van der Waals surface area contributed by atoms with Crippen molar-refractivity contribution in [2.24, 2.45) is 0 Å². The third-order valence-electron chi connectivity index (χ3n) is 4.16. The van der Waals surface area contributed by atoms with Crippen LogP contribution in [0.2, 0.25) is 10.0 Å². The molecule has 8 nitrogen and oxygen atoms in total. The van der Waals surface area contributed by atoms with Crippen LogP contribution in [-0.4, -0.2) is 39.8 Å². The number of esters is 1. The number of nitrogens with zero attached hydrogens (tertiary/aromatic N) is 1. The third-order valence-corrected chi connectivity index (χ3v) is 6.39. The SMILES string of the molecule is CON(C)S(=O)(=O)c1ccc(Cl)c(C(=O)OCc2cc(Cl)cc3c2OCOC3)c1. The molecule has 0 bridgehead atoms. The van der Waals surface area contributed by atoms with E-state index >= 15 is 0 Å². The molecular weight excluding hydrogens is 445 g/mol. The minimum absolute atomic E-state index is 0.0480. The summed E-state index contributed by atoms with van der Waals surface area (Å²) in [6.07, 6.45) is 0. The molecule has 1 heterocycles. The molecule has 2 aromatic carbocycles. The summed E-state index contributed by atoms with van der Waals surface area (Å²) in [4.78, 5) is 17.1. The highest BCUT2D eigenvalue weighted by Crippen LogP contribution is 2.32. The molecule has 2 aromatic rings. The van der Waals surface area contributed by atoms with Crippen molar-refractivity contribution in [3.63, 3.8) is 0 Å². The molecule has 0 fully saturated rings. The van der Waals surface area contributed by atoms with Crippen LogP contribution in [0.5, 0.6) is 5.75 Å². The Morgan fingerprint density at radius 1 is 1.24 bits per heavy atom. The predicted molar refractivity (Wildman–Crippen MR) is 104 cm³/mol. The Morgan fingerprint density at radius 3 is 2.72 bits per heavy atom. The number of benzene rings is 2. The lowest BCUT2D eigenvalue weighted by Crippen LogP contribution is -2.26. The number of carbonyl (C=O) groups is 1. The van der Waals surface area contributed by atoms with E-state index in [4.69, 9.17) is 42.3 Å². The Labute approximate surface area is 177 Å². The first-order chi connectivity index (χ1) is 13.7. The highest BCUT2D eigenvalue weighted by atomic mass is 35.5. The number of ether oxygens (including phenoxy) is 3. The van der Waals surface area contributed by atoms with Gasteiger partial charge in [-0.05, 0) is 30.3 Å². The lowest BCUT2D eigenvalue weighted by Gasteiger charge is -2.21. The van der Waals surface area contributed by atoms with Crippen LogP contribution < -0.4 is 4.74 Å². The molecule has 29 heavy (non-hydrogen) atoms. The van der Waals surface area contributed by atoms with E-state index in [1.807, 2.05) is 0 Å². The van der Waals surface area contributed by atoms with Gasteiger partial charge in [0.1, 0.15) is 12.4 Å². The first-order valence-electron chi connectivity index (χ1n) is 8.25. The summed E-state index contributed by atoms with van der Waals surface area (Å²) in [5, 5.41) is 0.490. The Bertz CT molecular complexity index is 1040. The van der Waals surface area contributed by atoms with E-state index in [1.54, 1.807) is 12.1 Å². The van der Waals surface area contributed by atoms with Crippen molar-refractivity contribution in [3.8, 4) is 5.75 Å². The number of sulfonamides is 1. The van der Waals surface area contributed by atoms with Gasteiger partial charge in [-0.15, -0.1) is 0 Å². The average Bonchev–Trinajstić information content (AvgIpc) is 2.71. The van der Waals surface area contributed by atoms with Gasteiger partial charge in [0, 0.05) is 23.2 Å². The summed E-state index contributed by atoms with van der Waals surface area (Å²) in [5.74, 6) is -0.259. The van der Waals surface area contributed by atoms with Gasteiger partial charge in [-0.2, -0.15) is 0 Å². The van der Waals surface area contributed by atoms with Gasteiger partial charge in [0.2, 0.25) is 0 Å². The zero-order chi connectivity index (χ0) is 21.2. The standard InChI is InChI=1S/C18H17Cl2NO7S/c1-21(25-2)29(23,24)14-3-4-16(20)15(7-14)18(22)27-9-12-6-13(19)5-11-8-26-10-28-17(11)12/h3-7H,8-10H2,1-2H3. The molecule has 0 aromatic heterocycles. The molecule has 0 aliphatic carbocycles. The van der Waals surface area contributed by atoms with Crippen LogP contribution >= 0.6 is 23.2 Å². The van der Waals surface area contributed by atoms with Gasteiger partial charge in [-0.3, -0.25) is 4.84 Å². The van der Waals surface area contributed by atoms with Gasteiger partial charge in [0.15, 0.2) is 6.79 Å². The van der Waals surface area contributed by atoms with E-state index in [2.05, 4.69) is 0 Å². The topological polar surface area (TPSA) is 91.4 Å². The zero-order valence-electron chi connectivity index (χ0n) is 15.5. The second kappa shape index (κ2) is 8.86. The quantitative estimate of drug-likeness (QED) is 0.480. The summed E-state index contributed by atoms with van der Waals surface area (Å²) in [5.41, 5.74) is 1.20. The van der Waals surface area contributed by atoms with E-state index in [0.29, 0.717) is 27.4 Å². The number of hydrogen-bond acceptors (Lipinski definition) is 7. The van der Waals surface area contributed by atoms with Crippen molar-refractivity contribution >= 4 is 39.2 Å². The molecule has 0 N–H and O–H groups in total. The second-order valence-electron chi connectivity index (χ2n) is 5.98. The van der Waals surface area contributed by atoms with Crippen molar-refractivity contribution in [1.82, 2.24) is 4.47 Å². The smallest absolute Gasteiger partial charge is 0.340 e. The van der Waals surface area contributed by atoms with Gasteiger partial charge < -0.3 is 14.2 Å². The van der Waals surface area contributed by atoms with Gasteiger partial charge in [0.05, 0.1) is 29.2 Å². The number of fused-ring (bicyclic) bond motifs is 1. The summed E-state index contributed by atoms with van der Waals surface area (Å²) in [6, 6.07) is 7.03. The predicted octanol–water partition coefficient (Wildman–Crippen LogP) is 3.40. The van der Waals surface area contributed by atoms with E-state index < -0.39 is 16.0 Å². The Kier molecular flexibility index (Phi) is 6.67. The van der Waals surface area contributed by atoms with E-state index in [1.165, 1.54) is 26.3 Å². The molecular formula is C18H17Cl2NO7S. The molecule has 0 saturated carbocycles. The molecule has 11 heteroatoms. The van der Waals surface area contributed by atoms with Crippen LogP contribution in [0, 0.1) is 0 Å². The molecule has 156 valence electrons. The van der Waals surface area contributed by atoms with Crippen LogP contribution in [0.3, 0.4) is 0 Å². The average molecular weight is 462 g/mol. The minimum Gasteiger partial charge on any atom is -0.467 e. The van der Waals surface area contributed by atoms with Gasteiger partial charge >= 0.3 is 5.97 Å². The lowest BCUT2D eigenvalue weighted by atomic mass is 10.1. The molecule has 0 amide bonds. The molecule has 3 rings (SSSR count).